The maximum atomic E-state index is 12.4. The number of hydrogen-bond acceptors (Lipinski definition) is 3. The van der Waals surface area contributed by atoms with E-state index in [1.807, 2.05) is 44.3 Å². The first-order valence-corrected chi connectivity index (χ1v) is 8.33. The zero-order valence-corrected chi connectivity index (χ0v) is 13.1. The SMILES string of the molecule is CNCCc1ccc(S(=O)(=O)Nc2ccccc2C)cc1. The Bertz CT molecular complexity index is 694. The van der Waals surface area contributed by atoms with Gasteiger partial charge in [-0.2, -0.15) is 0 Å². The molecule has 2 rings (SSSR count). The van der Waals surface area contributed by atoms with Crippen LogP contribution in [0.15, 0.2) is 53.4 Å². The minimum Gasteiger partial charge on any atom is -0.319 e. The molecule has 21 heavy (non-hydrogen) atoms. The fraction of sp³-hybridized carbons (Fsp3) is 0.250. The van der Waals surface area contributed by atoms with Crippen molar-refractivity contribution >= 4 is 15.7 Å². The molecule has 0 heterocycles. The molecule has 2 aromatic carbocycles. The molecule has 112 valence electrons. The minimum atomic E-state index is -3.54. The van der Waals surface area contributed by atoms with Gasteiger partial charge in [-0.05, 0) is 56.3 Å². The number of aryl methyl sites for hydroxylation is 1. The number of anilines is 1. The molecule has 0 aliphatic heterocycles. The molecule has 0 saturated heterocycles. The average Bonchev–Trinajstić information content (AvgIpc) is 2.48. The van der Waals surface area contributed by atoms with Gasteiger partial charge in [-0.25, -0.2) is 8.42 Å². The molecule has 0 aliphatic carbocycles. The van der Waals surface area contributed by atoms with E-state index >= 15 is 0 Å². The molecule has 0 saturated carbocycles. The molecule has 0 aliphatic rings. The Morgan fingerprint density at radius 3 is 2.29 bits per heavy atom. The van der Waals surface area contributed by atoms with Gasteiger partial charge in [-0.3, -0.25) is 4.72 Å². The molecule has 0 fully saturated rings. The molecule has 0 unspecified atom stereocenters. The van der Waals surface area contributed by atoms with Gasteiger partial charge in [-0.1, -0.05) is 30.3 Å². The van der Waals surface area contributed by atoms with E-state index in [1.54, 1.807) is 18.2 Å². The summed E-state index contributed by atoms with van der Waals surface area (Å²) in [6.45, 7) is 2.74. The highest BCUT2D eigenvalue weighted by Gasteiger charge is 2.14. The van der Waals surface area contributed by atoms with Crippen molar-refractivity contribution in [2.45, 2.75) is 18.2 Å². The number of rotatable bonds is 6. The van der Waals surface area contributed by atoms with E-state index in [4.69, 9.17) is 0 Å². The van der Waals surface area contributed by atoms with Crippen LogP contribution in [0.2, 0.25) is 0 Å². The molecule has 2 N–H and O–H groups in total. The summed E-state index contributed by atoms with van der Waals surface area (Å²) < 4.78 is 27.3. The molecule has 5 heteroatoms. The fourth-order valence-electron chi connectivity index (χ4n) is 2.00. The van der Waals surface area contributed by atoms with Crippen molar-refractivity contribution in [1.82, 2.24) is 5.32 Å². The third-order valence-corrected chi connectivity index (χ3v) is 4.67. The number of nitrogens with one attached hydrogen (secondary N) is 2. The summed E-state index contributed by atoms with van der Waals surface area (Å²) in [5.41, 5.74) is 2.61. The number of benzene rings is 2. The smallest absolute Gasteiger partial charge is 0.261 e. The predicted octanol–water partition coefficient (Wildman–Crippen LogP) is 2.56. The number of hydrogen-bond donors (Lipinski definition) is 2. The van der Waals surface area contributed by atoms with Crippen LogP contribution in [0.5, 0.6) is 0 Å². The van der Waals surface area contributed by atoms with Gasteiger partial charge in [0.25, 0.3) is 10.0 Å². The Hall–Kier alpha value is -1.85. The number of sulfonamides is 1. The standard InChI is InChI=1S/C16H20N2O2S/c1-13-5-3-4-6-16(13)18-21(19,20)15-9-7-14(8-10-15)11-12-17-2/h3-10,17-18H,11-12H2,1-2H3. The average molecular weight is 304 g/mol. The van der Waals surface area contributed by atoms with Crippen LogP contribution in [-0.4, -0.2) is 22.0 Å². The third kappa shape index (κ3) is 4.06. The summed E-state index contributed by atoms with van der Waals surface area (Å²) >= 11 is 0. The third-order valence-electron chi connectivity index (χ3n) is 3.29. The molecule has 4 nitrogen and oxygen atoms in total. The zero-order chi connectivity index (χ0) is 15.3. The first kappa shape index (κ1) is 15.5. The van der Waals surface area contributed by atoms with Gasteiger partial charge in [0.1, 0.15) is 0 Å². The van der Waals surface area contributed by atoms with Crippen molar-refractivity contribution in [3.63, 3.8) is 0 Å². The first-order chi connectivity index (χ1) is 10.0. The molecule has 0 aromatic heterocycles. The van der Waals surface area contributed by atoms with Gasteiger partial charge in [0.2, 0.25) is 0 Å². The van der Waals surface area contributed by atoms with Crippen molar-refractivity contribution < 1.29 is 8.42 Å². The lowest BCUT2D eigenvalue weighted by atomic mass is 10.1. The van der Waals surface area contributed by atoms with Crippen LogP contribution in [-0.2, 0) is 16.4 Å². The second-order valence-electron chi connectivity index (χ2n) is 4.92. The monoisotopic (exact) mass is 304 g/mol. The van der Waals surface area contributed by atoms with Crippen LogP contribution < -0.4 is 10.0 Å². The van der Waals surface area contributed by atoms with E-state index in [0.717, 1.165) is 24.1 Å². The van der Waals surface area contributed by atoms with Crippen LogP contribution in [0.1, 0.15) is 11.1 Å². The second kappa shape index (κ2) is 6.74. The van der Waals surface area contributed by atoms with Crippen molar-refractivity contribution in [1.29, 1.82) is 0 Å². The quantitative estimate of drug-likeness (QED) is 0.862. The predicted molar refractivity (Wildman–Crippen MR) is 86.1 cm³/mol. The molecule has 0 bridgehead atoms. The van der Waals surface area contributed by atoms with Crippen LogP contribution in [0.4, 0.5) is 5.69 Å². The molecule has 0 amide bonds. The molecule has 2 aromatic rings. The van der Waals surface area contributed by atoms with Crippen molar-refractivity contribution in [2.24, 2.45) is 0 Å². The van der Waals surface area contributed by atoms with Crippen LogP contribution in [0.3, 0.4) is 0 Å². The van der Waals surface area contributed by atoms with Gasteiger partial charge >= 0.3 is 0 Å². The van der Waals surface area contributed by atoms with E-state index in [9.17, 15) is 8.42 Å². The van der Waals surface area contributed by atoms with Crippen LogP contribution >= 0.6 is 0 Å². The molecular weight excluding hydrogens is 284 g/mol. The van der Waals surface area contributed by atoms with Gasteiger partial charge in [0, 0.05) is 0 Å². The van der Waals surface area contributed by atoms with Crippen molar-refractivity contribution in [2.75, 3.05) is 18.3 Å². The maximum absolute atomic E-state index is 12.4. The fourth-order valence-corrected chi connectivity index (χ4v) is 3.13. The highest BCUT2D eigenvalue weighted by Crippen LogP contribution is 2.19. The summed E-state index contributed by atoms with van der Waals surface area (Å²) in [4.78, 5) is 0.277. The zero-order valence-electron chi connectivity index (χ0n) is 12.3. The van der Waals surface area contributed by atoms with Crippen molar-refractivity contribution in [3.8, 4) is 0 Å². The van der Waals surface area contributed by atoms with Crippen molar-refractivity contribution in [3.05, 3.63) is 59.7 Å². The Labute approximate surface area is 126 Å². The summed E-state index contributed by atoms with van der Waals surface area (Å²) in [5, 5.41) is 3.07. The summed E-state index contributed by atoms with van der Waals surface area (Å²) in [6, 6.07) is 14.3. The van der Waals surface area contributed by atoms with Crippen LogP contribution in [0, 0.1) is 6.92 Å². The van der Waals surface area contributed by atoms with E-state index < -0.39 is 10.0 Å². The van der Waals surface area contributed by atoms with E-state index in [0.29, 0.717) is 5.69 Å². The Balaban J connectivity index is 2.18. The largest absolute Gasteiger partial charge is 0.319 e. The minimum absolute atomic E-state index is 0.277. The summed E-state index contributed by atoms with van der Waals surface area (Å²) in [7, 11) is -1.64. The lowest BCUT2D eigenvalue weighted by molar-refractivity contribution is 0.601. The molecule has 0 spiro atoms. The summed E-state index contributed by atoms with van der Waals surface area (Å²) in [5.74, 6) is 0. The van der Waals surface area contributed by atoms with Gasteiger partial charge in [0.05, 0.1) is 10.6 Å². The van der Waals surface area contributed by atoms with E-state index in [-0.39, 0.29) is 4.90 Å². The van der Waals surface area contributed by atoms with E-state index in [1.165, 1.54) is 0 Å². The van der Waals surface area contributed by atoms with Gasteiger partial charge in [-0.15, -0.1) is 0 Å². The maximum Gasteiger partial charge on any atom is 0.261 e. The number of likely N-dealkylation sites (N-methyl/N-ethyl adjacent to an activating group) is 1. The Kier molecular flexibility index (Phi) is 4.98. The highest BCUT2D eigenvalue weighted by atomic mass is 32.2. The Morgan fingerprint density at radius 1 is 1.00 bits per heavy atom. The Morgan fingerprint density at radius 2 is 1.67 bits per heavy atom. The lowest BCUT2D eigenvalue weighted by Crippen LogP contribution is -2.14. The highest BCUT2D eigenvalue weighted by molar-refractivity contribution is 7.92. The second-order valence-corrected chi connectivity index (χ2v) is 6.60. The molecular formula is C16H20N2O2S. The topological polar surface area (TPSA) is 58.2 Å². The molecule has 0 radical (unpaired) electrons. The summed E-state index contributed by atoms with van der Waals surface area (Å²) in [6.07, 6.45) is 0.877. The number of para-hydroxylation sites is 1. The lowest BCUT2D eigenvalue weighted by Gasteiger charge is -2.11. The normalized spacial score (nSPS) is 11.3. The van der Waals surface area contributed by atoms with Crippen LogP contribution in [0.25, 0.3) is 0 Å². The first-order valence-electron chi connectivity index (χ1n) is 6.85. The van der Waals surface area contributed by atoms with E-state index in [2.05, 4.69) is 10.0 Å². The molecule has 0 atom stereocenters. The van der Waals surface area contributed by atoms with Gasteiger partial charge < -0.3 is 5.32 Å². The van der Waals surface area contributed by atoms with Gasteiger partial charge in [0.15, 0.2) is 0 Å².